The van der Waals surface area contributed by atoms with Crippen LogP contribution in [-0.2, 0) is 17.6 Å². The molecule has 4 heteroatoms. The molecule has 0 bridgehead atoms. The maximum absolute atomic E-state index is 12.1. The van der Waals surface area contributed by atoms with Crippen molar-refractivity contribution in [1.82, 2.24) is 9.88 Å². The van der Waals surface area contributed by atoms with E-state index < -0.39 is 0 Å². The van der Waals surface area contributed by atoms with Crippen LogP contribution in [0.4, 0.5) is 0 Å². The fourth-order valence-corrected chi connectivity index (χ4v) is 2.39. The van der Waals surface area contributed by atoms with Crippen molar-refractivity contribution in [2.75, 3.05) is 13.6 Å². The lowest BCUT2D eigenvalue weighted by Crippen LogP contribution is -2.30. The maximum atomic E-state index is 12.1. The number of hydrogen-bond donors (Lipinski definition) is 0. The number of thiazole rings is 1. The Morgan fingerprint density at radius 1 is 1.32 bits per heavy atom. The number of carbonyl (C=O) groups excluding carboxylic acids is 1. The summed E-state index contributed by atoms with van der Waals surface area (Å²) in [5.74, 6) is 0.153. The van der Waals surface area contributed by atoms with Crippen LogP contribution in [0.15, 0.2) is 35.8 Å². The van der Waals surface area contributed by atoms with Gasteiger partial charge < -0.3 is 4.90 Å². The van der Waals surface area contributed by atoms with E-state index in [9.17, 15) is 4.79 Å². The van der Waals surface area contributed by atoms with Gasteiger partial charge in [-0.25, -0.2) is 4.98 Å². The monoisotopic (exact) mass is 274 g/mol. The number of likely N-dealkylation sites (N-methyl/N-ethyl adjacent to an activating group) is 1. The summed E-state index contributed by atoms with van der Waals surface area (Å²) >= 11 is 1.63. The van der Waals surface area contributed by atoms with Crippen LogP contribution < -0.4 is 0 Å². The molecule has 1 aromatic carbocycles. The van der Waals surface area contributed by atoms with Crippen molar-refractivity contribution in [3.63, 3.8) is 0 Å². The third-order valence-corrected chi connectivity index (χ3v) is 3.89. The summed E-state index contributed by atoms with van der Waals surface area (Å²) in [7, 11) is 1.85. The maximum Gasteiger partial charge on any atom is 0.226 e. The summed E-state index contributed by atoms with van der Waals surface area (Å²) in [6.07, 6.45) is 3.09. The first kappa shape index (κ1) is 13.7. The number of carbonyl (C=O) groups is 1. The quantitative estimate of drug-likeness (QED) is 0.840. The van der Waals surface area contributed by atoms with E-state index in [0.29, 0.717) is 6.42 Å². The molecular weight excluding hydrogens is 256 g/mol. The molecule has 0 N–H and O–H groups in total. The normalized spacial score (nSPS) is 10.4. The van der Waals surface area contributed by atoms with Crippen molar-refractivity contribution in [1.29, 1.82) is 0 Å². The third-order valence-electron chi connectivity index (χ3n) is 3.05. The van der Waals surface area contributed by atoms with Crippen LogP contribution in [0.5, 0.6) is 0 Å². The van der Waals surface area contributed by atoms with Crippen LogP contribution in [0.3, 0.4) is 0 Å². The van der Waals surface area contributed by atoms with Crippen molar-refractivity contribution < 1.29 is 4.79 Å². The number of aromatic nitrogens is 1. The molecule has 0 spiro atoms. The molecule has 0 radical (unpaired) electrons. The summed E-state index contributed by atoms with van der Waals surface area (Å²) in [4.78, 5) is 18.1. The molecule has 0 aliphatic carbocycles. The number of hydrogen-bond acceptors (Lipinski definition) is 3. The second-order valence-electron chi connectivity index (χ2n) is 4.65. The van der Waals surface area contributed by atoms with Crippen molar-refractivity contribution in [3.05, 3.63) is 52.0 Å². The molecule has 2 rings (SSSR count). The van der Waals surface area contributed by atoms with Crippen LogP contribution >= 0.6 is 11.3 Å². The molecule has 0 aliphatic heterocycles. The van der Waals surface area contributed by atoms with Gasteiger partial charge in [0.15, 0.2) is 0 Å². The van der Waals surface area contributed by atoms with Crippen LogP contribution in [0.25, 0.3) is 0 Å². The first-order valence-electron chi connectivity index (χ1n) is 6.33. The van der Waals surface area contributed by atoms with E-state index in [2.05, 4.69) is 4.98 Å². The minimum absolute atomic E-state index is 0.153. The van der Waals surface area contributed by atoms with E-state index in [4.69, 9.17) is 0 Å². The topological polar surface area (TPSA) is 33.2 Å². The van der Waals surface area contributed by atoms with Gasteiger partial charge in [0, 0.05) is 31.6 Å². The highest BCUT2D eigenvalue weighted by Gasteiger charge is 2.10. The smallest absolute Gasteiger partial charge is 0.226 e. The number of aryl methyl sites for hydroxylation is 1. The van der Waals surface area contributed by atoms with Crippen molar-refractivity contribution in [2.24, 2.45) is 0 Å². The van der Waals surface area contributed by atoms with E-state index in [1.807, 2.05) is 43.6 Å². The van der Waals surface area contributed by atoms with Gasteiger partial charge in [-0.1, -0.05) is 29.8 Å². The van der Waals surface area contributed by atoms with Crippen LogP contribution in [0, 0.1) is 6.92 Å². The SMILES string of the molecule is Cc1ccc(CC(=O)N(C)CCc2nccs2)cc1. The molecule has 0 saturated heterocycles. The lowest BCUT2D eigenvalue weighted by molar-refractivity contribution is -0.129. The highest BCUT2D eigenvalue weighted by Crippen LogP contribution is 2.08. The average molecular weight is 274 g/mol. The number of nitrogens with zero attached hydrogens (tertiary/aromatic N) is 2. The molecule has 3 nitrogen and oxygen atoms in total. The van der Waals surface area contributed by atoms with Gasteiger partial charge in [-0.05, 0) is 12.5 Å². The molecule has 2 aromatic rings. The molecule has 0 fully saturated rings. The molecular formula is C15H18N2OS. The summed E-state index contributed by atoms with van der Waals surface area (Å²) < 4.78 is 0. The second-order valence-corrected chi connectivity index (χ2v) is 5.63. The minimum atomic E-state index is 0.153. The van der Waals surface area contributed by atoms with Gasteiger partial charge >= 0.3 is 0 Å². The van der Waals surface area contributed by atoms with Crippen molar-refractivity contribution >= 4 is 17.2 Å². The Morgan fingerprint density at radius 3 is 2.68 bits per heavy atom. The van der Waals surface area contributed by atoms with Gasteiger partial charge in [-0.3, -0.25) is 4.79 Å². The molecule has 0 unspecified atom stereocenters. The predicted molar refractivity (Wildman–Crippen MR) is 78.3 cm³/mol. The summed E-state index contributed by atoms with van der Waals surface area (Å²) in [6.45, 7) is 2.77. The first-order chi connectivity index (χ1) is 9.15. The van der Waals surface area contributed by atoms with Gasteiger partial charge in [-0.2, -0.15) is 0 Å². The van der Waals surface area contributed by atoms with E-state index in [1.54, 1.807) is 22.4 Å². The van der Waals surface area contributed by atoms with E-state index >= 15 is 0 Å². The highest BCUT2D eigenvalue weighted by molar-refractivity contribution is 7.09. The van der Waals surface area contributed by atoms with E-state index in [0.717, 1.165) is 23.5 Å². The van der Waals surface area contributed by atoms with Crippen molar-refractivity contribution in [3.8, 4) is 0 Å². The van der Waals surface area contributed by atoms with E-state index in [1.165, 1.54) is 5.56 Å². The Balaban J connectivity index is 1.83. The zero-order valence-corrected chi connectivity index (χ0v) is 12.1. The second kappa shape index (κ2) is 6.48. The summed E-state index contributed by atoms with van der Waals surface area (Å²) in [6, 6.07) is 8.11. The molecule has 0 aliphatic rings. The summed E-state index contributed by atoms with van der Waals surface area (Å²) in [5, 5.41) is 3.04. The van der Waals surface area contributed by atoms with Gasteiger partial charge in [0.05, 0.1) is 11.4 Å². The Hall–Kier alpha value is -1.68. The zero-order chi connectivity index (χ0) is 13.7. The predicted octanol–water partition coefficient (Wildman–Crippen LogP) is 2.70. The Labute approximate surface area is 117 Å². The number of amides is 1. The average Bonchev–Trinajstić information content (AvgIpc) is 2.91. The lowest BCUT2D eigenvalue weighted by Gasteiger charge is -2.16. The van der Waals surface area contributed by atoms with Gasteiger partial charge in [0.1, 0.15) is 0 Å². The lowest BCUT2D eigenvalue weighted by atomic mass is 10.1. The fraction of sp³-hybridized carbons (Fsp3) is 0.333. The molecule has 0 saturated carbocycles. The summed E-state index contributed by atoms with van der Waals surface area (Å²) in [5.41, 5.74) is 2.28. The van der Waals surface area contributed by atoms with Crippen LogP contribution in [-0.4, -0.2) is 29.4 Å². The third kappa shape index (κ3) is 4.17. The van der Waals surface area contributed by atoms with Gasteiger partial charge in [0.2, 0.25) is 5.91 Å². The highest BCUT2D eigenvalue weighted by atomic mass is 32.1. The number of rotatable bonds is 5. The molecule has 19 heavy (non-hydrogen) atoms. The molecule has 1 aromatic heterocycles. The Morgan fingerprint density at radius 2 is 2.05 bits per heavy atom. The van der Waals surface area contributed by atoms with Crippen LogP contribution in [0.1, 0.15) is 16.1 Å². The standard InChI is InChI=1S/C15H18N2OS/c1-12-3-5-13(6-4-12)11-15(18)17(2)9-7-14-16-8-10-19-14/h3-6,8,10H,7,9,11H2,1-2H3. The van der Waals surface area contributed by atoms with Crippen LogP contribution in [0.2, 0.25) is 0 Å². The fourth-order valence-electron chi connectivity index (χ4n) is 1.78. The zero-order valence-electron chi connectivity index (χ0n) is 11.3. The Bertz CT molecular complexity index is 520. The minimum Gasteiger partial charge on any atom is -0.345 e. The van der Waals surface area contributed by atoms with Crippen molar-refractivity contribution in [2.45, 2.75) is 19.8 Å². The largest absolute Gasteiger partial charge is 0.345 e. The molecule has 1 amide bonds. The van der Waals surface area contributed by atoms with E-state index in [-0.39, 0.29) is 5.91 Å². The first-order valence-corrected chi connectivity index (χ1v) is 7.21. The molecule has 1 heterocycles. The number of benzene rings is 1. The Kier molecular flexibility index (Phi) is 4.68. The van der Waals surface area contributed by atoms with Gasteiger partial charge in [-0.15, -0.1) is 11.3 Å². The van der Waals surface area contributed by atoms with Gasteiger partial charge in [0.25, 0.3) is 0 Å². The molecule has 0 atom stereocenters. The molecule has 100 valence electrons.